The molecule has 7 heteroatoms. The Morgan fingerprint density at radius 2 is 1.79 bits per heavy atom. The summed E-state index contributed by atoms with van der Waals surface area (Å²) >= 11 is 1.78. The van der Waals surface area contributed by atoms with Crippen LogP contribution in [0.5, 0.6) is 0 Å². The van der Waals surface area contributed by atoms with Crippen LogP contribution in [0.25, 0.3) is 0 Å². The quantitative estimate of drug-likeness (QED) is 0.766. The Hall–Kier alpha value is -1.44. The van der Waals surface area contributed by atoms with Gasteiger partial charge in [-0.05, 0) is 49.9 Å². The minimum absolute atomic E-state index is 0.120. The van der Waals surface area contributed by atoms with Crippen molar-refractivity contribution in [3.05, 3.63) is 21.9 Å². The maximum Gasteiger partial charge on any atom is 0.223 e. The van der Waals surface area contributed by atoms with Crippen LogP contribution in [0.15, 0.2) is 11.4 Å². The summed E-state index contributed by atoms with van der Waals surface area (Å²) in [6.07, 6.45) is 4.18. The predicted molar refractivity (Wildman–Crippen MR) is 111 cm³/mol. The van der Waals surface area contributed by atoms with Crippen molar-refractivity contribution in [1.82, 2.24) is 19.6 Å². The normalized spacial score (nSPS) is 24.2. The number of nitrogens with zero attached hydrogens (tertiary/aromatic N) is 4. The molecule has 154 valence electrons. The van der Waals surface area contributed by atoms with Crippen LogP contribution in [0.2, 0.25) is 0 Å². The topological polar surface area (TPSA) is 47.1 Å². The highest BCUT2D eigenvalue weighted by atomic mass is 32.1. The van der Waals surface area contributed by atoms with Crippen molar-refractivity contribution in [3.63, 3.8) is 0 Å². The Bertz CT molecular complexity index is 698. The molecule has 0 saturated carbocycles. The molecule has 2 fully saturated rings. The van der Waals surface area contributed by atoms with E-state index in [1.54, 1.807) is 11.3 Å². The third kappa shape index (κ3) is 4.58. The zero-order valence-corrected chi connectivity index (χ0v) is 17.8. The van der Waals surface area contributed by atoms with Crippen LogP contribution in [0.4, 0.5) is 0 Å². The standard InChI is InChI=1S/C21H32N4O2S/c1-22-8-2-3-18(16-22)23-10-12-24(13-11-23)20(26)4-5-21(27)25-9-6-19-17(15-25)7-14-28-19/h7,14,18H,2-6,8-13,15-16H2,1H3. The summed E-state index contributed by atoms with van der Waals surface area (Å²) in [5, 5.41) is 2.10. The van der Waals surface area contributed by atoms with Gasteiger partial charge >= 0.3 is 0 Å². The van der Waals surface area contributed by atoms with Gasteiger partial charge in [-0.1, -0.05) is 0 Å². The molecule has 0 aliphatic carbocycles. The molecule has 0 N–H and O–H groups in total. The minimum Gasteiger partial charge on any atom is -0.340 e. The molecule has 4 rings (SSSR count). The fourth-order valence-electron chi connectivity index (χ4n) is 4.77. The number of carbonyl (C=O) groups is 2. The highest BCUT2D eigenvalue weighted by Crippen LogP contribution is 2.24. The minimum atomic E-state index is 0.120. The molecule has 0 spiro atoms. The summed E-state index contributed by atoms with van der Waals surface area (Å²) < 4.78 is 0. The molecular weight excluding hydrogens is 372 g/mol. The second-order valence-electron chi connectivity index (χ2n) is 8.41. The summed E-state index contributed by atoms with van der Waals surface area (Å²) in [4.78, 5) is 35.4. The molecule has 3 aliphatic heterocycles. The predicted octanol–water partition coefficient (Wildman–Crippen LogP) is 1.65. The first-order valence-corrected chi connectivity index (χ1v) is 11.5. The highest BCUT2D eigenvalue weighted by Gasteiger charge is 2.29. The molecule has 0 radical (unpaired) electrons. The van der Waals surface area contributed by atoms with E-state index in [1.807, 2.05) is 9.80 Å². The summed E-state index contributed by atoms with van der Waals surface area (Å²) in [6, 6.07) is 2.76. The first-order chi connectivity index (χ1) is 13.6. The number of likely N-dealkylation sites (N-methyl/N-ethyl adjacent to an activating group) is 1. The number of piperidine rings is 1. The van der Waals surface area contributed by atoms with Gasteiger partial charge in [0.15, 0.2) is 0 Å². The Morgan fingerprint density at radius 1 is 1.04 bits per heavy atom. The van der Waals surface area contributed by atoms with Crippen LogP contribution in [0, 0.1) is 0 Å². The number of hydrogen-bond acceptors (Lipinski definition) is 5. The van der Waals surface area contributed by atoms with Gasteiger partial charge in [0.2, 0.25) is 11.8 Å². The van der Waals surface area contributed by atoms with E-state index < -0.39 is 0 Å². The summed E-state index contributed by atoms with van der Waals surface area (Å²) in [6.45, 7) is 7.37. The molecule has 1 aromatic heterocycles. The lowest BCUT2D eigenvalue weighted by atomic mass is 10.0. The van der Waals surface area contributed by atoms with Gasteiger partial charge in [-0.15, -0.1) is 11.3 Å². The van der Waals surface area contributed by atoms with Gasteiger partial charge in [0.05, 0.1) is 0 Å². The molecule has 28 heavy (non-hydrogen) atoms. The Balaban J connectivity index is 1.19. The molecule has 3 aliphatic rings. The Kier molecular flexibility index (Phi) is 6.33. The largest absolute Gasteiger partial charge is 0.340 e. The SMILES string of the molecule is CN1CCCC(N2CCN(C(=O)CCC(=O)N3CCc4sccc4C3)CC2)C1. The average molecular weight is 405 g/mol. The van der Waals surface area contributed by atoms with E-state index >= 15 is 0 Å². The number of carbonyl (C=O) groups excluding carboxylic acids is 2. The monoisotopic (exact) mass is 404 g/mol. The van der Waals surface area contributed by atoms with Crippen molar-refractivity contribution in [3.8, 4) is 0 Å². The summed E-state index contributed by atoms with van der Waals surface area (Å²) in [5.74, 6) is 0.260. The second-order valence-corrected chi connectivity index (χ2v) is 9.41. The molecule has 1 unspecified atom stereocenters. The molecule has 6 nitrogen and oxygen atoms in total. The van der Waals surface area contributed by atoms with E-state index in [2.05, 4.69) is 28.3 Å². The smallest absolute Gasteiger partial charge is 0.223 e. The van der Waals surface area contributed by atoms with E-state index in [1.165, 1.54) is 29.8 Å². The van der Waals surface area contributed by atoms with E-state index in [0.29, 0.717) is 25.4 Å². The zero-order valence-electron chi connectivity index (χ0n) is 16.9. The number of likely N-dealkylation sites (tertiary alicyclic amines) is 1. The van der Waals surface area contributed by atoms with Gasteiger partial charge in [-0.3, -0.25) is 14.5 Å². The summed E-state index contributed by atoms with van der Waals surface area (Å²) in [5.41, 5.74) is 1.28. The van der Waals surface area contributed by atoms with Crippen LogP contribution in [-0.4, -0.2) is 90.3 Å². The van der Waals surface area contributed by atoms with Crippen LogP contribution in [-0.2, 0) is 22.6 Å². The van der Waals surface area contributed by atoms with Crippen molar-refractivity contribution in [2.24, 2.45) is 0 Å². The molecule has 0 bridgehead atoms. The number of rotatable bonds is 4. The van der Waals surface area contributed by atoms with Gasteiger partial charge in [0.1, 0.15) is 0 Å². The maximum atomic E-state index is 12.6. The van der Waals surface area contributed by atoms with Gasteiger partial charge in [0, 0.05) is 69.6 Å². The lowest BCUT2D eigenvalue weighted by Gasteiger charge is -2.42. The average Bonchev–Trinajstić information content (AvgIpc) is 3.20. The van der Waals surface area contributed by atoms with Crippen molar-refractivity contribution in [2.45, 2.75) is 44.7 Å². The number of thiophene rings is 1. The van der Waals surface area contributed by atoms with E-state index in [9.17, 15) is 9.59 Å². The summed E-state index contributed by atoms with van der Waals surface area (Å²) in [7, 11) is 2.20. The van der Waals surface area contributed by atoms with Gasteiger partial charge in [-0.2, -0.15) is 0 Å². The lowest BCUT2D eigenvalue weighted by molar-refractivity contribution is -0.138. The fourth-order valence-corrected chi connectivity index (χ4v) is 5.65. The number of amides is 2. The first-order valence-electron chi connectivity index (χ1n) is 10.6. The molecule has 2 saturated heterocycles. The number of piperazine rings is 1. The van der Waals surface area contributed by atoms with Crippen LogP contribution in [0.1, 0.15) is 36.1 Å². The molecule has 1 aromatic rings. The second kappa shape index (κ2) is 8.93. The molecule has 0 aromatic carbocycles. The molecule has 1 atom stereocenters. The van der Waals surface area contributed by atoms with Crippen LogP contribution < -0.4 is 0 Å². The van der Waals surface area contributed by atoms with E-state index in [0.717, 1.165) is 45.7 Å². The van der Waals surface area contributed by atoms with Gasteiger partial charge in [0.25, 0.3) is 0 Å². The van der Waals surface area contributed by atoms with Crippen LogP contribution >= 0.6 is 11.3 Å². The van der Waals surface area contributed by atoms with Gasteiger partial charge < -0.3 is 14.7 Å². The zero-order chi connectivity index (χ0) is 19.5. The molecular formula is C21H32N4O2S. The van der Waals surface area contributed by atoms with E-state index in [-0.39, 0.29) is 11.8 Å². The van der Waals surface area contributed by atoms with Crippen LogP contribution in [0.3, 0.4) is 0 Å². The third-order valence-corrected chi connectivity index (χ3v) is 7.52. The Morgan fingerprint density at radius 3 is 2.54 bits per heavy atom. The number of fused-ring (bicyclic) bond motifs is 1. The first kappa shape index (κ1) is 19.9. The van der Waals surface area contributed by atoms with Gasteiger partial charge in [-0.25, -0.2) is 0 Å². The number of hydrogen-bond donors (Lipinski definition) is 0. The molecule has 2 amide bonds. The fraction of sp³-hybridized carbons (Fsp3) is 0.714. The van der Waals surface area contributed by atoms with Crippen molar-refractivity contribution in [1.29, 1.82) is 0 Å². The van der Waals surface area contributed by atoms with Crippen molar-refractivity contribution >= 4 is 23.2 Å². The highest BCUT2D eigenvalue weighted by molar-refractivity contribution is 7.10. The lowest BCUT2D eigenvalue weighted by Crippen LogP contribution is -2.55. The maximum absolute atomic E-state index is 12.6. The van der Waals surface area contributed by atoms with Crippen molar-refractivity contribution < 1.29 is 9.59 Å². The Labute approximate surface area is 172 Å². The third-order valence-electron chi connectivity index (χ3n) is 6.50. The molecule has 4 heterocycles. The van der Waals surface area contributed by atoms with Crippen molar-refractivity contribution in [2.75, 3.05) is 52.9 Å². The van der Waals surface area contributed by atoms with E-state index in [4.69, 9.17) is 0 Å².